The molecule has 0 aromatic rings. The Hall–Kier alpha value is -1.12. The number of allylic oxidation sites excluding steroid dienone is 1. The Labute approximate surface area is 126 Å². The largest absolute Gasteiger partial charge is 0.746 e. The molecule has 0 aromatic carbocycles. The highest BCUT2D eigenvalue weighted by Crippen LogP contribution is 2.04. The second-order valence-electron chi connectivity index (χ2n) is 4.72. The molecule has 0 spiro atoms. The van der Waals surface area contributed by atoms with Crippen LogP contribution in [0.4, 0.5) is 4.79 Å². The molecular formula is C13H24NO6S-. The zero-order chi connectivity index (χ0) is 16.3. The topological polar surface area (TPSA) is 116 Å². The van der Waals surface area contributed by atoms with Gasteiger partial charge in [-0.3, -0.25) is 0 Å². The number of amides is 1. The molecule has 2 atom stereocenters. The van der Waals surface area contributed by atoms with Crippen LogP contribution < -0.4 is 5.32 Å². The summed E-state index contributed by atoms with van der Waals surface area (Å²) in [6.07, 6.45) is 7.81. The Morgan fingerprint density at radius 1 is 1.38 bits per heavy atom. The standard InChI is InChI=1S/C13H25NO6S/c1-3-4-5-6-7-8-9-11(2)20-13(16)14-10-12(15)21(17,18)19/h8-9,11-12,15H,3-7,10H2,1-2H3,(H,14,16)(H,17,18,19)/p-1/b9-8+. The number of aliphatic hydroxyl groups excluding tert-OH is 1. The molecule has 8 heteroatoms. The van der Waals surface area contributed by atoms with Crippen LogP contribution in [0.1, 0.15) is 46.0 Å². The summed E-state index contributed by atoms with van der Waals surface area (Å²) in [6, 6.07) is 0. The molecule has 0 aromatic heterocycles. The number of hydrogen-bond donors (Lipinski definition) is 2. The van der Waals surface area contributed by atoms with E-state index in [0.29, 0.717) is 0 Å². The Bertz CT molecular complexity index is 420. The van der Waals surface area contributed by atoms with Gasteiger partial charge < -0.3 is 19.7 Å². The summed E-state index contributed by atoms with van der Waals surface area (Å²) in [6.45, 7) is 3.10. The maximum Gasteiger partial charge on any atom is 0.407 e. The van der Waals surface area contributed by atoms with Crippen LogP contribution in [0.15, 0.2) is 12.2 Å². The minimum atomic E-state index is -4.83. The van der Waals surface area contributed by atoms with Gasteiger partial charge in [0.05, 0.1) is 6.54 Å². The van der Waals surface area contributed by atoms with Gasteiger partial charge in [0.1, 0.15) is 16.2 Å². The minimum absolute atomic E-state index is 0.475. The van der Waals surface area contributed by atoms with Crippen molar-refractivity contribution in [2.24, 2.45) is 0 Å². The Morgan fingerprint density at radius 2 is 2.05 bits per heavy atom. The maximum absolute atomic E-state index is 11.3. The number of hydrogen-bond acceptors (Lipinski definition) is 6. The van der Waals surface area contributed by atoms with Gasteiger partial charge >= 0.3 is 6.09 Å². The van der Waals surface area contributed by atoms with Crippen LogP contribution in [0, 0.1) is 0 Å². The highest BCUT2D eigenvalue weighted by molar-refractivity contribution is 7.86. The van der Waals surface area contributed by atoms with Gasteiger partial charge in [-0.1, -0.05) is 32.3 Å². The van der Waals surface area contributed by atoms with Gasteiger partial charge in [0.15, 0.2) is 5.44 Å². The summed E-state index contributed by atoms with van der Waals surface area (Å²) >= 11 is 0. The van der Waals surface area contributed by atoms with Crippen molar-refractivity contribution in [2.45, 2.75) is 57.5 Å². The highest BCUT2D eigenvalue weighted by Gasteiger charge is 2.14. The van der Waals surface area contributed by atoms with Crippen LogP contribution in [0.2, 0.25) is 0 Å². The first-order chi connectivity index (χ1) is 9.77. The fraction of sp³-hybridized carbons (Fsp3) is 0.769. The van der Waals surface area contributed by atoms with Crippen molar-refractivity contribution in [3.05, 3.63) is 12.2 Å². The lowest BCUT2D eigenvalue weighted by atomic mass is 10.1. The summed E-state index contributed by atoms with van der Waals surface area (Å²) in [5, 5.41) is 10.9. The molecule has 0 heterocycles. The molecule has 0 aliphatic carbocycles. The van der Waals surface area contributed by atoms with E-state index in [-0.39, 0.29) is 0 Å². The monoisotopic (exact) mass is 322 g/mol. The first-order valence-electron chi connectivity index (χ1n) is 7.01. The normalized spacial score (nSPS) is 14.9. The number of alkyl carbamates (subject to hydrolysis) is 1. The fourth-order valence-electron chi connectivity index (χ4n) is 1.50. The van der Waals surface area contributed by atoms with Crippen molar-refractivity contribution in [2.75, 3.05) is 6.54 Å². The third-order valence-electron chi connectivity index (χ3n) is 2.68. The molecular weight excluding hydrogens is 298 g/mol. The Morgan fingerprint density at radius 3 is 2.62 bits per heavy atom. The predicted octanol–water partition coefficient (Wildman–Crippen LogP) is 1.49. The lowest BCUT2D eigenvalue weighted by Crippen LogP contribution is -2.37. The number of carbonyl (C=O) groups is 1. The van der Waals surface area contributed by atoms with Gasteiger partial charge in [-0.25, -0.2) is 13.2 Å². The molecule has 0 aliphatic rings. The van der Waals surface area contributed by atoms with E-state index >= 15 is 0 Å². The van der Waals surface area contributed by atoms with Crippen molar-refractivity contribution in [3.63, 3.8) is 0 Å². The fourth-order valence-corrected chi connectivity index (χ4v) is 1.79. The van der Waals surface area contributed by atoms with Gasteiger partial charge in [-0.2, -0.15) is 0 Å². The van der Waals surface area contributed by atoms with Crippen LogP contribution in [-0.2, 0) is 14.9 Å². The smallest absolute Gasteiger partial charge is 0.407 e. The van der Waals surface area contributed by atoms with Crippen molar-refractivity contribution >= 4 is 16.2 Å². The number of carbonyl (C=O) groups excluding carboxylic acids is 1. The van der Waals surface area contributed by atoms with Gasteiger partial charge in [-0.05, 0) is 25.8 Å². The van der Waals surface area contributed by atoms with E-state index < -0.39 is 34.3 Å². The molecule has 0 fully saturated rings. The van der Waals surface area contributed by atoms with E-state index in [1.165, 1.54) is 12.8 Å². The quantitative estimate of drug-likeness (QED) is 0.357. The van der Waals surface area contributed by atoms with Gasteiger partial charge in [0.2, 0.25) is 0 Å². The zero-order valence-electron chi connectivity index (χ0n) is 12.4. The molecule has 0 radical (unpaired) electrons. The maximum atomic E-state index is 11.3. The number of unbranched alkanes of at least 4 members (excludes halogenated alkanes) is 4. The number of aliphatic hydroxyl groups is 1. The molecule has 2 N–H and O–H groups in total. The first-order valence-corrected chi connectivity index (χ1v) is 8.48. The van der Waals surface area contributed by atoms with E-state index in [9.17, 15) is 17.8 Å². The molecule has 21 heavy (non-hydrogen) atoms. The summed E-state index contributed by atoms with van der Waals surface area (Å²) in [7, 11) is -4.83. The van der Waals surface area contributed by atoms with Crippen LogP contribution in [-0.4, -0.2) is 42.3 Å². The van der Waals surface area contributed by atoms with E-state index in [4.69, 9.17) is 9.84 Å². The predicted molar refractivity (Wildman–Crippen MR) is 77.5 cm³/mol. The lowest BCUT2D eigenvalue weighted by molar-refractivity contribution is 0.122. The van der Waals surface area contributed by atoms with Gasteiger partial charge in [-0.15, -0.1) is 0 Å². The molecule has 0 saturated carbocycles. The van der Waals surface area contributed by atoms with Crippen LogP contribution in [0.3, 0.4) is 0 Å². The number of ether oxygens (including phenoxy) is 1. The minimum Gasteiger partial charge on any atom is -0.746 e. The molecule has 7 nitrogen and oxygen atoms in total. The molecule has 0 saturated heterocycles. The van der Waals surface area contributed by atoms with Crippen LogP contribution in [0.5, 0.6) is 0 Å². The molecule has 0 bridgehead atoms. The van der Waals surface area contributed by atoms with Crippen molar-refractivity contribution in [1.29, 1.82) is 0 Å². The van der Waals surface area contributed by atoms with E-state index in [1.54, 1.807) is 13.0 Å². The Balaban J connectivity index is 3.86. The molecule has 1 amide bonds. The molecule has 0 aliphatic heterocycles. The van der Waals surface area contributed by atoms with E-state index in [2.05, 4.69) is 6.92 Å². The van der Waals surface area contributed by atoms with E-state index in [0.717, 1.165) is 19.3 Å². The third-order valence-corrected chi connectivity index (χ3v) is 3.51. The first kappa shape index (κ1) is 19.9. The molecule has 124 valence electrons. The number of nitrogens with one attached hydrogen (secondary N) is 1. The lowest BCUT2D eigenvalue weighted by Gasteiger charge is -2.16. The molecule has 2 unspecified atom stereocenters. The van der Waals surface area contributed by atoms with Gasteiger partial charge in [0.25, 0.3) is 0 Å². The summed E-state index contributed by atoms with van der Waals surface area (Å²) in [5.41, 5.74) is -2.17. The number of rotatable bonds is 10. The summed E-state index contributed by atoms with van der Waals surface area (Å²) < 4.78 is 36.1. The van der Waals surface area contributed by atoms with Crippen LogP contribution >= 0.6 is 0 Å². The third kappa shape index (κ3) is 11.2. The van der Waals surface area contributed by atoms with Crippen molar-refractivity contribution in [3.8, 4) is 0 Å². The summed E-state index contributed by atoms with van der Waals surface area (Å²) in [5.74, 6) is 0. The zero-order valence-corrected chi connectivity index (χ0v) is 13.3. The van der Waals surface area contributed by atoms with Gasteiger partial charge in [0, 0.05) is 0 Å². The Kier molecular flexibility index (Phi) is 10.0. The molecule has 0 rings (SSSR count). The van der Waals surface area contributed by atoms with E-state index in [1.807, 2.05) is 11.4 Å². The highest BCUT2D eigenvalue weighted by atomic mass is 32.2. The second kappa shape index (κ2) is 10.6. The van der Waals surface area contributed by atoms with Crippen molar-refractivity contribution in [1.82, 2.24) is 5.32 Å². The average molecular weight is 322 g/mol. The van der Waals surface area contributed by atoms with Crippen molar-refractivity contribution < 1.29 is 27.6 Å². The van der Waals surface area contributed by atoms with Crippen LogP contribution in [0.25, 0.3) is 0 Å². The average Bonchev–Trinajstić information content (AvgIpc) is 2.38. The summed E-state index contributed by atoms with van der Waals surface area (Å²) in [4.78, 5) is 11.3. The SMILES string of the molecule is CCCCCC/C=C/C(C)OC(=O)NCC(O)S(=O)(=O)[O-]. The second-order valence-corrected chi connectivity index (χ2v) is 6.25.